The van der Waals surface area contributed by atoms with Gasteiger partial charge in [0, 0.05) is 13.0 Å². The lowest BCUT2D eigenvalue weighted by Crippen LogP contribution is -2.10. The van der Waals surface area contributed by atoms with E-state index in [0.29, 0.717) is 24.0 Å². The van der Waals surface area contributed by atoms with E-state index in [1.807, 2.05) is 24.3 Å². The van der Waals surface area contributed by atoms with Gasteiger partial charge < -0.3 is 20.5 Å². The van der Waals surface area contributed by atoms with E-state index >= 15 is 0 Å². The number of ether oxygens (including phenoxy) is 2. The Morgan fingerprint density at radius 2 is 1.95 bits per heavy atom. The van der Waals surface area contributed by atoms with Gasteiger partial charge in [-0.15, -0.1) is 0 Å². The number of benzene rings is 1. The van der Waals surface area contributed by atoms with Crippen LogP contribution in [0.15, 0.2) is 36.4 Å². The van der Waals surface area contributed by atoms with E-state index in [4.69, 9.17) is 15.2 Å². The van der Waals surface area contributed by atoms with Gasteiger partial charge in [-0.25, -0.2) is 0 Å². The second-order valence-corrected chi connectivity index (χ2v) is 4.41. The summed E-state index contributed by atoms with van der Waals surface area (Å²) in [5, 5.41) is 2.56. The fourth-order valence-electron chi connectivity index (χ4n) is 1.68. The molecule has 3 N–H and O–H groups in total. The van der Waals surface area contributed by atoms with Gasteiger partial charge in [0.15, 0.2) is 5.82 Å². The number of nitrogen functional groups attached to an aromatic ring is 1. The van der Waals surface area contributed by atoms with E-state index in [1.165, 1.54) is 6.92 Å². The number of anilines is 2. The molecule has 0 saturated carbocycles. The van der Waals surface area contributed by atoms with Crippen LogP contribution < -0.4 is 20.5 Å². The van der Waals surface area contributed by atoms with Crippen LogP contribution in [0.1, 0.15) is 12.5 Å². The molecule has 6 nitrogen and oxygen atoms in total. The smallest absolute Gasteiger partial charge is 0.222 e. The van der Waals surface area contributed by atoms with Crippen molar-refractivity contribution in [2.24, 2.45) is 0 Å². The molecular formula is C15H17N3O3. The second kappa shape index (κ2) is 6.60. The molecule has 0 bridgehead atoms. The van der Waals surface area contributed by atoms with Crippen LogP contribution in [0, 0.1) is 0 Å². The number of carbonyl (C=O) groups is 1. The van der Waals surface area contributed by atoms with Crippen molar-refractivity contribution in [3.63, 3.8) is 0 Å². The molecular weight excluding hydrogens is 270 g/mol. The Kier molecular flexibility index (Phi) is 4.61. The van der Waals surface area contributed by atoms with E-state index in [0.717, 1.165) is 11.3 Å². The molecule has 1 aromatic heterocycles. The van der Waals surface area contributed by atoms with E-state index in [2.05, 4.69) is 10.3 Å². The third-order valence-corrected chi connectivity index (χ3v) is 2.74. The molecule has 0 fully saturated rings. The number of pyridine rings is 1. The Hall–Kier alpha value is -2.76. The SMILES string of the molecule is COc1ccc(COc2ccc(N)c(NC(C)=O)n2)cc1. The quantitative estimate of drug-likeness (QED) is 0.880. The van der Waals surface area contributed by atoms with Crippen LogP contribution in [0.2, 0.25) is 0 Å². The van der Waals surface area contributed by atoms with Crippen molar-refractivity contribution in [2.45, 2.75) is 13.5 Å². The molecule has 6 heteroatoms. The van der Waals surface area contributed by atoms with Crippen molar-refractivity contribution in [3.05, 3.63) is 42.0 Å². The number of carbonyl (C=O) groups excluding carboxylic acids is 1. The predicted octanol–water partition coefficient (Wildman–Crippen LogP) is 2.21. The molecule has 0 radical (unpaired) electrons. The maximum absolute atomic E-state index is 11.1. The Balaban J connectivity index is 2.03. The van der Waals surface area contributed by atoms with Gasteiger partial charge in [0.25, 0.3) is 0 Å². The van der Waals surface area contributed by atoms with Crippen molar-refractivity contribution in [1.82, 2.24) is 4.98 Å². The number of hydrogen-bond acceptors (Lipinski definition) is 5. The molecule has 0 atom stereocenters. The highest BCUT2D eigenvalue weighted by atomic mass is 16.5. The van der Waals surface area contributed by atoms with Crippen molar-refractivity contribution >= 4 is 17.4 Å². The van der Waals surface area contributed by atoms with Gasteiger partial charge in [-0.1, -0.05) is 12.1 Å². The molecule has 0 aliphatic carbocycles. The van der Waals surface area contributed by atoms with Gasteiger partial charge in [-0.3, -0.25) is 4.79 Å². The first kappa shape index (κ1) is 14.6. The monoisotopic (exact) mass is 287 g/mol. The molecule has 0 unspecified atom stereocenters. The summed E-state index contributed by atoms with van der Waals surface area (Å²) < 4.78 is 10.7. The zero-order chi connectivity index (χ0) is 15.2. The van der Waals surface area contributed by atoms with Crippen molar-refractivity contribution in [1.29, 1.82) is 0 Å². The fourth-order valence-corrected chi connectivity index (χ4v) is 1.68. The molecule has 21 heavy (non-hydrogen) atoms. The normalized spacial score (nSPS) is 10.0. The maximum atomic E-state index is 11.1. The van der Waals surface area contributed by atoms with Crippen molar-refractivity contribution < 1.29 is 14.3 Å². The molecule has 110 valence electrons. The fraction of sp³-hybridized carbons (Fsp3) is 0.200. The zero-order valence-electron chi connectivity index (χ0n) is 11.9. The van der Waals surface area contributed by atoms with E-state index < -0.39 is 0 Å². The van der Waals surface area contributed by atoms with Crippen LogP contribution in [-0.4, -0.2) is 18.0 Å². The minimum Gasteiger partial charge on any atom is -0.497 e. The van der Waals surface area contributed by atoms with Crippen LogP contribution in [0.25, 0.3) is 0 Å². The summed E-state index contributed by atoms with van der Waals surface area (Å²) in [7, 11) is 1.62. The highest BCUT2D eigenvalue weighted by Gasteiger charge is 2.06. The zero-order valence-corrected chi connectivity index (χ0v) is 11.9. The summed E-state index contributed by atoms with van der Waals surface area (Å²) in [4.78, 5) is 15.2. The Labute approximate surface area is 122 Å². The second-order valence-electron chi connectivity index (χ2n) is 4.41. The van der Waals surface area contributed by atoms with Crippen molar-refractivity contribution in [3.8, 4) is 11.6 Å². The third-order valence-electron chi connectivity index (χ3n) is 2.74. The van der Waals surface area contributed by atoms with Crippen LogP contribution in [0.4, 0.5) is 11.5 Å². The van der Waals surface area contributed by atoms with Crippen LogP contribution in [-0.2, 0) is 11.4 Å². The van der Waals surface area contributed by atoms with E-state index in [1.54, 1.807) is 19.2 Å². The molecule has 1 aromatic carbocycles. The van der Waals surface area contributed by atoms with E-state index in [-0.39, 0.29) is 5.91 Å². The number of aromatic nitrogens is 1. The average molecular weight is 287 g/mol. The lowest BCUT2D eigenvalue weighted by atomic mass is 10.2. The lowest BCUT2D eigenvalue weighted by molar-refractivity contribution is -0.114. The Morgan fingerprint density at radius 1 is 1.24 bits per heavy atom. The first-order chi connectivity index (χ1) is 10.1. The minimum atomic E-state index is -0.235. The molecule has 1 amide bonds. The topological polar surface area (TPSA) is 86.5 Å². The highest BCUT2D eigenvalue weighted by molar-refractivity contribution is 5.90. The number of rotatable bonds is 5. The van der Waals surface area contributed by atoms with Gasteiger partial charge in [0.05, 0.1) is 12.8 Å². The molecule has 2 aromatic rings. The Bertz CT molecular complexity index is 627. The standard InChI is InChI=1S/C15H17N3O3/c1-10(19)17-15-13(16)7-8-14(18-15)21-9-11-3-5-12(20-2)6-4-11/h3-8H,9,16H2,1-2H3,(H,17,18,19). The summed E-state index contributed by atoms with van der Waals surface area (Å²) in [6, 6.07) is 10.8. The number of amides is 1. The third kappa shape index (κ3) is 4.10. The lowest BCUT2D eigenvalue weighted by Gasteiger charge is -2.09. The molecule has 2 rings (SSSR count). The number of nitrogens with zero attached hydrogens (tertiary/aromatic N) is 1. The minimum absolute atomic E-state index is 0.235. The molecule has 1 heterocycles. The predicted molar refractivity (Wildman–Crippen MR) is 80.3 cm³/mol. The van der Waals surface area contributed by atoms with Gasteiger partial charge in [0.1, 0.15) is 12.4 Å². The molecule has 0 aliphatic rings. The average Bonchev–Trinajstić information content (AvgIpc) is 2.48. The Morgan fingerprint density at radius 3 is 2.57 bits per heavy atom. The molecule has 0 saturated heterocycles. The first-order valence-corrected chi connectivity index (χ1v) is 6.38. The van der Waals surface area contributed by atoms with Crippen LogP contribution in [0.5, 0.6) is 11.6 Å². The summed E-state index contributed by atoms with van der Waals surface area (Å²) in [6.45, 7) is 1.76. The van der Waals surface area contributed by atoms with Gasteiger partial charge in [-0.2, -0.15) is 4.98 Å². The van der Waals surface area contributed by atoms with Gasteiger partial charge in [-0.05, 0) is 23.8 Å². The maximum Gasteiger partial charge on any atom is 0.222 e. The van der Waals surface area contributed by atoms with Crippen LogP contribution in [0.3, 0.4) is 0 Å². The van der Waals surface area contributed by atoms with Crippen molar-refractivity contribution in [2.75, 3.05) is 18.2 Å². The first-order valence-electron chi connectivity index (χ1n) is 6.38. The number of nitrogens with one attached hydrogen (secondary N) is 1. The van der Waals surface area contributed by atoms with E-state index in [9.17, 15) is 4.79 Å². The highest BCUT2D eigenvalue weighted by Crippen LogP contribution is 2.21. The van der Waals surface area contributed by atoms with Gasteiger partial charge in [0.2, 0.25) is 11.8 Å². The number of nitrogens with two attached hydrogens (primary N) is 1. The largest absolute Gasteiger partial charge is 0.497 e. The summed E-state index contributed by atoms with van der Waals surface area (Å²) >= 11 is 0. The summed E-state index contributed by atoms with van der Waals surface area (Å²) in [6.07, 6.45) is 0. The number of hydrogen-bond donors (Lipinski definition) is 2. The van der Waals surface area contributed by atoms with Crippen LogP contribution >= 0.6 is 0 Å². The number of methoxy groups -OCH3 is 1. The van der Waals surface area contributed by atoms with Gasteiger partial charge >= 0.3 is 0 Å². The molecule has 0 spiro atoms. The summed E-state index contributed by atoms with van der Waals surface area (Å²) in [5.74, 6) is 1.25. The molecule has 0 aliphatic heterocycles. The summed E-state index contributed by atoms with van der Waals surface area (Å²) in [5.41, 5.74) is 7.10.